The van der Waals surface area contributed by atoms with E-state index >= 15 is 0 Å². The Balaban J connectivity index is 1.93. The number of hydrogen-bond donors (Lipinski definition) is 1. The van der Waals surface area contributed by atoms with Crippen LogP contribution >= 0.6 is 0 Å². The lowest BCUT2D eigenvalue weighted by molar-refractivity contribution is 0.281. The third-order valence-electron chi connectivity index (χ3n) is 3.33. The molecule has 2 rings (SSSR count). The molecule has 90 valence electrons. The molecule has 1 unspecified atom stereocenters. The van der Waals surface area contributed by atoms with E-state index in [9.17, 15) is 0 Å². The van der Waals surface area contributed by atoms with Gasteiger partial charge in [0.2, 0.25) is 11.8 Å². The van der Waals surface area contributed by atoms with E-state index in [1.54, 1.807) is 0 Å². The second-order valence-corrected chi connectivity index (χ2v) is 4.55. The average Bonchev–Trinajstić information content (AvgIpc) is 2.68. The van der Waals surface area contributed by atoms with E-state index in [1.165, 1.54) is 19.3 Å². The van der Waals surface area contributed by atoms with Gasteiger partial charge in [-0.05, 0) is 31.7 Å². The fourth-order valence-corrected chi connectivity index (χ4v) is 2.09. The van der Waals surface area contributed by atoms with Crippen molar-refractivity contribution in [1.29, 1.82) is 0 Å². The fourth-order valence-electron chi connectivity index (χ4n) is 2.09. The predicted octanol–water partition coefficient (Wildman–Crippen LogP) is 2.47. The van der Waals surface area contributed by atoms with E-state index in [1.807, 2.05) is 0 Å². The molecule has 0 bridgehead atoms. The molecule has 1 aromatic heterocycles. The molecule has 0 radical (unpaired) electrons. The Morgan fingerprint density at radius 2 is 2.19 bits per heavy atom. The number of rotatable bonds is 6. The van der Waals surface area contributed by atoms with Crippen LogP contribution in [0.25, 0.3) is 0 Å². The van der Waals surface area contributed by atoms with Gasteiger partial charge in [0.1, 0.15) is 0 Å². The van der Waals surface area contributed by atoms with E-state index in [2.05, 4.69) is 29.4 Å². The van der Waals surface area contributed by atoms with E-state index < -0.39 is 0 Å². The van der Waals surface area contributed by atoms with Crippen LogP contribution in [-0.2, 0) is 6.42 Å². The maximum absolute atomic E-state index is 5.71. The second kappa shape index (κ2) is 5.43. The van der Waals surface area contributed by atoms with Crippen molar-refractivity contribution in [1.82, 2.24) is 15.5 Å². The average molecular weight is 223 g/mol. The van der Waals surface area contributed by atoms with Gasteiger partial charge >= 0.3 is 0 Å². The van der Waals surface area contributed by atoms with Crippen LogP contribution in [-0.4, -0.2) is 16.7 Å². The first-order valence-corrected chi connectivity index (χ1v) is 6.39. The van der Waals surface area contributed by atoms with Crippen molar-refractivity contribution < 1.29 is 4.42 Å². The zero-order chi connectivity index (χ0) is 11.4. The van der Waals surface area contributed by atoms with E-state index in [-0.39, 0.29) is 6.04 Å². The molecule has 1 atom stereocenters. The molecular weight excluding hydrogens is 202 g/mol. The van der Waals surface area contributed by atoms with Gasteiger partial charge in [0, 0.05) is 6.42 Å². The largest absolute Gasteiger partial charge is 0.424 e. The molecular formula is C12H21N3O. The van der Waals surface area contributed by atoms with Crippen LogP contribution in [0.5, 0.6) is 0 Å². The summed E-state index contributed by atoms with van der Waals surface area (Å²) >= 11 is 0. The number of nitrogens with zero attached hydrogens (tertiary/aromatic N) is 2. The third kappa shape index (κ3) is 2.61. The van der Waals surface area contributed by atoms with E-state index in [4.69, 9.17) is 4.42 Å². The summed E-state index contributed by atoms with van der Waals surface area (Å²) in [6.45, 7) is 5.15. The molecule has 0 saturated heterocycles. The van der Waals surface area contributed by atoms with Crippen molar-refractivity contribution in [3.8, 4) is 0 Å². The van der Waals surface area contributed by atoms with Gasteiger partial charge < -0.3 is 9.73 Å². The Kier molecular flexibility index (Phi) is 3.93. The SMILES string of the molecule is CCNC(CC)c1nnc(CC2CCC2)o1. The van der Waals surface area contributed by atoms with Crippen LogP contribution in [0.4, 0.5) is 0 Å². The van der Waals surface area contributed by atoms with Crippen molar-refractivity contribution in [2.75, 3.05) is 6.54 Å². The van der Waals surface area contributed by atoms with Crippen LogP contribution in [0.1, 0.15) is 57.4 Å². The minimum absolute atomic E-state index is 0.215. The smallest absolute Gasteiger partial charge is 0.233 e. The fraction of sp³-hybridized carbons (Fsp3) is 0.833. The summed E-state index contributed by atoms with van der Waals surface area (Å²) in [5.41, 5.74) is 0. The van der Waals surface area contributed by atoms with Crippen LogP contribution in [0, 0.1) is 5.92 Å². The molecule has 0 amide bonds. The third-order valence-corrected chi connectivity index (χ3v) is 3.33. The summed E-state index contributed by atoms with van der Waals surface area (Å²) in [5, 5.41) is 11.6. The summed E-state index contributed by atoms with van der Waals surface area (Å²) in [6, 6.07) is 0.215. The molecule has 4 nitrogen and oxygen atoms in total. The van der Waals surface area contributed by atoms with Gasteiger partial charge in [-0.15, -0.1) is 10.2 Å². The van der Waals surface area contributed by atoms with E-state index in [0.29, 0.717) is 0 Å². The lowest BCUT2D eigenvalue weighted by atomic mass is 9.83. The van der Waals surface area contributed by atoms with Crippen LogP contribution < -0.4 is 5.32 Å². The monoisotopic (exact) mass is 223 g/mol. The first-order valence-electron chi connectivity index (χ1n) is 6.39. The number of nitrogens with one attached hydrogen (secondary N) is 1. The van der Waals surface area contributed by atoms with Crippen molar-refractivity contribution in [2.24, 2.45) is 5.92 Å². The van der Waals surface area contributed by atoms with Gasteiger partial charge in [-0.25, -0.2) is 0 Å². The lowest BCUT2D eigenvalue weighted by Gasteiger charge is -2.23. The maximum atomic E-state index is 5.71. The van der Waals surface area contributed by atoms with Gasteiger partial charge in [0.25, 0.3) is 0 Å². The highest BCUT2D eigenvalue weighted by Crippen LogP contribution is 2.29. The predicted molar refractivity (Wildman–Crippen MR) is 62.1 cm³/mol. The topological polar surface area (TPSA) is 51.0 Å². The second-order valence-electron chi connectivity index (χ2n) is 4.55. The van der Waals surface area contributed by atoms with Gasteiger partial charge in [-0.2, -0.15) is 0 Å². The first-order chi connectivity index (χ1) is 7.83. The Bertz CT molecular complexity index is 320. The lowest BCUT2D eigenvalue weighted by Crippen LogP contribution is -2.20. The summed E-state index contributed by atoms with van der Waals surface area (Å²) in [6.07, 6.45) is 5.96. The summed E-state index contributed by atoms with van der Waals surface area (Å²) in [5.74, 6) is 2.35. The molecule has 0 aromatic carbocycles. The van der Waals surface area contributed by atoms with Crippen LogP contribution in [0.3, 0.4) is 0 Å². The minimum Gasteiger partial charge on any atom is -0.424 e. The molecule has 1 fully saturated rings. The molecule has 16 heavy (non-hydrogen) atoms. The highest BCUT2D eigenvalue weighted by molar-refractivity contribution is 4.91. The highest BCUT2D eigenvalue weighted by atomic mass is 16.4. The molecule has 1 saturated carbocycles. The Hall–Kier alpha value is -0.900. The molecule has 1 heterocycles. The molecule has 1 aromatic rings. The van der Waals surface area contributed by atoms with Gasteiger partial charge in [-0.1, -0.05) is 20.3 Å². The summed E-state index contributed by atoms with van der Waals surface area (Å²) < 4.78 is 5.71. The normalized spacial score (nSPS) is 18.4. The zero-order valence-corrected chi connectivity index (χ0v) is 10.2. The van der Waals surface area contributed by atoms with Gasteiger partial charge in [-0.3, -0.25) is 0 Å². The molecule has 1 N–H and O–H groups in total. The standard InChI is InChI=1S/C12H21N3O/c1-3-10(13-4-2)12-15-14-11(16-12)8-9-6-5-7-9/h9-10,13H,3-8H2,1-2H3. The van der Waals surface area contributed by atoms with Crippen molar-refractivity contribution in [3.05, 3.63) is 11.8 Å². The first kappa shape index (κ1) is 11.6. The molecule has 4 heteroatoms. The van der Waals surface area contributed by atoms with E-state index in [0.717, 1.165) is 37.1 Å². The summed E-state index contributed by atoms with van der Waals surface area (Å²) in [4.78, 5) is 0. The number of hydrogen-bond acceptors (Lipinski definition) is 4. The quantitative estimate of drug-likeness (QED) is 0.805. The van der Waals surface area contributed by atoms with Gasteiger partial charge in [0.05, 0.1) is 6.04 Å². The molecule has 0 spiro atoms. The minimum atomic E-state index is 0.215. The van der Waals surface area contributed by atoms with Crippen molar-refractivity contribution in [3.63, 3.8) is 0 Å². The highest BCUT2D eigenvalue weighted by Gasteiger charge is 2.22. The molecule has 0 aliphatic heterocycles. The Morgan fingerprint density at radius 3 is 2.75 bits per heavy atom. The zero-order valence-electron chi connectivity index (χ0n) is 10.2. The number of aromatic nitrogens is 2. The summed E-state index contributed by atoms with van der Waals surface area (Å²) in [7, 11) is 0. The van der Waals surface area contributed by atoms with Crippen LogP contribution in [0.2, 0.25) is 0 Å². The Labute approximate surface area is 96.8 Å². The van der Waals surface area contributed by atoms with Crippen molar-refractivity contribution in [2.45, 2.75) is 52.0 Å². The van der Waals surface area contributed by atoms with Crippen molar-refractivity contribution >= 4 is 0 Å². The maximum Gasteiger partial charge on any atom is 0.233 e. The van der Waals surface area contributed by atoms with Crippen LogP contribution in [0.15, 0.2) is 4.42 Å². The molecule has 1 aliphatic rings. The Morgan fingerprint density at radius 1 is 1.38 bits per heavy atom. The van der Waals surface area contributed by atoms with Gasteiger partial charge in [0.15, 0.2) is 0 Å². The molecule has 1 aliphatic carbocycles.